The van der Waals surface area contributed by atoms with E-state index in [1.165, 1.54) is 5.56 Å². The number of fused-ring (bicyclic) bond motifs is 1. The van der Waals surface area contributed by atoms with Gasteiger partial charge in [0.2, 0.25) is 0 Å². The number of aromatic nitrogens is 3. The number of ether oxygens (including phenoxy) is 1. The van der Waals surface area contributed by atoms with Crippen molar-refractivity contribution < 1.29 is 4.74 Å². The lowest BCUT2D eigenvalue weighted by atomic mass is 10.1. The summed E-state index contributed by atoms with van der Waals surface area (Å²) in [5.41, 5.74) is 3.70. The summed E-state index contributed by atoms with van der Waals surface area (Å²) >= 11 is 0. The minimum Gasteiger partial charge on any atom is -0.457 e. The summed E-state index contributed by atoms with van der Waals surface area (Å²) in [7, 11) is 0. The molecular weight excluding hydrogens is 304 g/mol. The molecule has 0 atom stereocenters. The minimum absolute atomic E-state index is 0.156. The van der Waals surface area contributed by atoms with E-state index in [4.69, 9.17) is 4.74 Å². The molecule has 0 saturated heterocycles. The molecule has 3 aromatic rings. The normalized spacial score (nSPS) is 13.0. The molecule has 0 spiro atoms. The number of anilines is 1. The second-order valence-electron chi connectivity index (χ2n) is 5.74. The van der Waals surface area contributed by atoms with E-state index in [0.717, 1.165) is 29.3 Å². The zero-order chi connectivity index (χ0) is 16.5. The molecule has 24 heavy (non-hydrogen) atoms. The molecule has 1 aliphatic heterocycles. The smallest absolute Gasteiger partial charge is 0.269 e. The zero-order valence-electron chi connectivity index (χ0n) is 13.2. The Hall–Kier alpha value is -3.15. The van der Waals surface area contributed by atoms with Crippen molar-refractivity contribution in [2.45, 2.75) is 20.0 Å². The van der Waals surface area contributed by atoms with Gasteiger partial charge < -0.3 is 9.64 Å². The molecule has 1 aromatic carbocycles. The first kappa shape index (κ1) is 14.4. The molecule has 3 heterocycles. The van der Waals surface area contributed by atoms with Crippen molar-refractivity contribution in [3.63, 3.8) is 0 Å². The summed E-state index contributed by atoms with van der Waals surface area (Å²) in [6, 6.07) is 9.70. The lowest BCUT2D eigenvalue weighted by Gasteiger charge is -2.18. The van der Waals surface area contributed by atoms with Crippen molar-refractivity contribution in [3.05, 3.63) is 76.0 Å². The molecule has 0 bridgehead atoms. The van der Waals surface area contributed by atoms with Gasteiger partial charge >= 0.3 is 0 Å². The van der Waals surface area contributed by atoms with E-state index >= 15 is 0 Å². The van der Waals surface area contributed by atoms with E-state index in [9.17, 15) is 4.79 Å². The van der Waals surface area contributed by atoms with Crippen LogP contribution in [0.1, 0.15) is 16.7 Å². The summed E-state index contributed by atoms with van der Waals surface area (Å²) in [5, 5.41) is 6.39. The molecule has 1 N–H and O–H groups in total. The minimum atomic E-state index is -0.156. The Balaban J connectivity index is 1.66. The van der Waals surface area contributed by atoms with Gasteiger partial charge in [0.25, 0.3) is 5.56 Å². The number of benzene rings is 1. The molecule has 0 unspecified atom stereocenters. The highest BCUT2D eigenvalue weighted by Gasteiger charge is 2.24. The number of aromatic amines is 1. The van der Waals surface area contributed by atoms with Crippen LogP contribution in [0, 0.1) is 6.92 Å². The average molecular weight is 320 g/mol. The van der Waals surface area contributed by atoms with Crippen molar-refractivity contribution >= 4 is 5.69 Å². The molecule has 0 radical (unpaired) electrons. The number of hydrogen-bond acceptors (Lipinski definition) is 5. The van der Waals surface area contributed by atoms with Gasteiger partial charge in [0, 0.05) is 36.6 Å². The number of rotatable bonds is 3. The molecule has 1 aliphatic rings. The van der Waals surface area contributed by atoms with Gasteiger partial charge in [-0.1, -0.05) is 12.1 Å². The van der Waals surface area contributed by atoms with Crippen LogP contribution in [0.25, 0.3) is 0 Å². The fourth-order valence-electron chi connectivity index (χ4n) is 2.96. The average Bonchev–Trinajstić information content (AvgIpc) is 3.03. The van der Waals surface area contributed by atoms with Crippen LogP contribution in [0.2, 0.25) is 0 Å². The Morgan fingerprint density at radius 1 is 1.17 bits per heavy atom. The highest BCUT2D eigenvalue weighted by atomic mass is 16.5. The fraction of sp³-hybridized carbons (Fsp3) is 0.167. The summed E-state index contributed by atoms with van der Waals surface area (Å²) in [6.07, 6.45) is 5.11. The molecule has 120 valence electrons. The molecule has 0 amide bonds. The molecule has 0 saturated carbocycles. The third-order valence-corrected chi connectivity index (χ3v) is 4.24. The maximum atomic E-state index is 11.8. The Kier molecular flexibility index (Phi) is 3.49. The quantitative estimate of drug-likeness (QED) is 0.803. The highest BCUT2D eigenvalue weighted by molar-refractivity contribution is 5.57. The van der Waals surface area contributed by atoms with Crippen LogP contribution in [-0.2, 0) is 13.1 Å². The van der Waals surface area contributed by atoms with Crippen LogP contribution in [0.5, 0.6) is 11.5 Å². The number of hydrogen-bond donors (Lipinski definition) is 1. The number of H-pyrrole nitrogens is 1. The van der Waals surface area contributed by atoms with Crippen LogP contribution in [0.15, 0.2) is 53.7 Å². The van der Waals surface area contributed by atoms with E-state index in [1.54, 1.807) is 18.6 Å². The molecule has 6 heteroatoms. The third kappa shape index (κ3) is 2.52. The monoisotopic (exact) mass is 320 g/mol. The van der Waals surface area contributed by atoms with Gasteiger partial charge in [-0.05, 0) is 30.7 Å². The predicted octanol–water partition coefficient (Wildman–Crippen LogP) is 2.79. The first-order valence-electron chi connectivity index (χ1n) is 7.70. The topological polar surface area (TPSA) is 71.1 Å². The van der Waals surface area contributed by atoms with E-state index < -0.39 is 0 Å². The van der Waals surface area contributed by atoms with Crippen molar-refractivity contribution in [3.8, 4) is 11.5 Å². The van der Waals surface area contributed by atoms with E-state index in [1.807, 2.05) is 31.2 Å². The van der Waals surface area contributed by atoms with Gasteiger partial charge in [0.05, 0.1) is 11.9 Å². The van der Waals surface area contributed by atoms with Crippen molar-refractivity contribution in [2.24, 2.45) is 0 Å². The van der Waals surface area contributed by atoms with Crippen LogP contribution in [0.4, 0.5) is 5.69 Å². The Labute approximate surface area is 138 Å². The van der Waals surface area contributed by atoms with Gasteiger partial charge in [-0.25, -0.2) is 5.10 Å². The van der Waals surface area contributed by atoms with Crippen molar-refractivity contribution in [1.29, 1.82) is 0 Å². The lowest BCUT2D eigenvalue weighted by Crippen LogP contribution is -2.21. The standard InChI is InChI=1S/C18H16N4O2/c1-12-16(9-20-21-18(12)23)22-10-13-3-2-4-17(15(13)11-22)24-14-5-7-19-8-6-14/h2-9H,10-11H2,1H3,(H,21,23). The molecular formula is C18H16N4O2. The van der Waals surface area contributed by atoms with Gasteiger partial charge in [-0.2, -0.15) is 5.10 Å². The largest absolute Gasteiger partial charge is 0.457 e. The summed E-state index contributed by atoms with van der Waals surface area (Å²) in [5.74, 6) is 1.59. The molecule has 2 aromatic heterocycles. The summed E-state index contributed by atoms with van der Waals surface area (Å²) in [4.78, 5) is 17.9. The van der Waals surface area contributed by atoms with Gasteiger partial charge in [-0.3, -0.25) is 9.78 Å². The second-order valence-corrected chi connectivity index (χ2v) is 5.74. The molecule has 4 rings (SSSR count). The number of nitrogens with zero attached hydrogens (tertiary/aromatic N) is 3. The molecule has 0 fully saturated rings. The molecule has 6 nitrogen and oxygen atoms in total. The van der Waals surface area contributed by atoms with Crippen LogP contribution >= 0.6 is 0 Å². The number of nitrogens with one attached hydrogen (secondary N) is 1. The highest BCUT2D eigenvalue weighted by Crippen LogP contribution is 2.36. The Morgan fingerprint density at radius 2 is 2.00 bits per heavy atom. The van der Waals surface area contributed by atoms with E-state index in [-0.39, 0.29) is 5.56 Å². The predicted molar refractivity (Wildman–Crippen MR) is 90.2 cm³/mol. The third-order valence-electron chi connectivity index (χ3n) is 4.24. The summed E-state index contributed by atoms with van der Waals surface area (Å²) < 4.78 is 6.01. The van der Waals surface area contributed by atoms with Crippen molar-refractivity contribution in [2.75, 3.05) is 4.90 Å². The maximum absolute atomic E-state index is 11.8. The van der Waals surface area contributed by atoms with E-state index in [2.05, 4.69) is 26.1 Å². The van der Waals surface area contributed by atoms with Gasteiger partial charge in [0.15, 0.2) is 0 Å². The second kappa shape index (κ2) is 5.81. The Morgan fingerprint density at radius 3 is 2.83 bits per heavy atom. The molecule has 0 aliphatic carbocycles. The van der Waals surface area contributed by atoms with Crippen molar-refractivity contribution in [1.82, 2.24) is 15.2 Å². The number of pyridine rings is 1. The van der Waals surface area contributed by atoms with Gasteiger partial charge in [0.1, 0.15) is 11.5 Å². The van der Waals surface area contributed by atoms with Crippen LogP contribution in [-0.4, -0.2) is 15.2 Å². The Bertz CT molecular complexity index is 937. The van der Waals surface area contributed by atoms with Gasteiger partial charge in [-0.15, -0.1) is 0 Å². The lowest BCUT2D eigenvalue weighted by molar-refractivity contribution is 0.476. The summed E-state index contributed by atoms with van der Waals surface area (Å²) in [6.45, 7) is 3.23. The zero-order valence-corrected chi connectivity index (χ0v) is 13.2. The SMILES string of the molecule is Cc1c(N2Cc3cccc(Oc4ccncc4)c3C2)cn[nH]c1=O. The van der Waals surface area contributed by atoms with Crippen LogP contribution < -0.4 is 15.2 Å². The van der Waals surface area contributed by atoms with E-state index in [0.29, 0.717) is 12.1 Å². The maximum Gasteiger partial charge on any atom is 0.269 e. The fourth-order valence-corrected chi connectivity index (χ4v) is 2.96. The first-order valence-corrected chi connectivity index (χ1v) is 7.70. The van der Waals surface area contributed by atoms with Crippen LogP contribution in [0.3, 0.4) is 0 Å². The first-order chi connectivity index (χ1) is 11.7.